The standard InChI is InChI=1S/C22H25N3O3/c1-2-12-23-21(27)18-5-3-6-19(14-18)24-22(28)17-10-8-16(9-11-17)15-25-13-4-7-20(25)26/h3,5-6,8-11,14H,2,4,7,12-13,15H2,1H3,(H,23,27)(H,24,28). The highest BCUT2D eigenvalue weighted by Crippen LogP contribution is 2.16. The molecule has 1 aliphatic rings. The number of likely N-dealkylation sites (tertiary alicyclic amines) is 1. The highest BCUT2D eigenvalue weighted by atomic mass is 16.2. The molecule has 146 valence electrons. The van der Waals surface area contributed by atoms with Crippen molar-refractivity contribution >= 4 is 23.4 Å². The minimum absolute atomic E-state index is 0.154. The second-order valence-corrected chi connectivity index (χ2v) is 6.91. The van der Waals surface area contributed by atoms with Crippen LogP contribution in [-0.2, 0) is 11.3 Å². The fourth-order valence-corrected chi connectivity index (χ4v) is 3.14. The summed E-state index contributed by atoms with van der Waals surface area (Å²) in [6, 6.07) is 14.1. The van der Waals surface area contributed by atoms with Gasteiger partial charge in [-0.15, -0.1) is 0 Å². The second kappa shape index (κ2) is 9.17. The lowest BCUT2D eigenvalue weighted by molar-refractivity contribution is -0.128. The molecule has 0 spiro atoms. The molecule has 2 aromatic rings. The van der Waals surface area contributed by atoms with Crippen LogP contribution >= 0.6 is 0 Å². The van der Waals surface area contributed by atoms with Crippen LogP contribution in [0.5, 0.6) is 0 Å². The van der Waals surface area contributed by atoms with Crippen molar-refractivity contribution in [1.29, 1.82) is 0 Å². The normalized spacial score (nSPS) is 13.5. The number of anilines is 1. The molecule has 0 saturated carbocycles. The molecule has 2 N–H and O–H groups in total. The number of carbonyl (C=O) groups excluding carboxylic acids is 3. The summed E-state index contributed by atoms with van der Waals surface area (Å²) in [6.45, 7) is 3.98. The molecule has 3 rings (SSSR count). The van der Waals surface area contributed by atoms with E-state index < -0.39 is 0 Å². The van der Waals surface area contributed by atoms with Gasteiger partial charge in [-0.05, 0) is 48.7 Å². The van der Waals surface area contributed by atoms with E-state index in [1.165, 1.54) is 0 Å². The van der Waals surface area contributed by atoms with Crippen LogP contribution in [0.25, 0.3) is 0 Å². The largest absolute Gasteiger partial charge is 0.352 e. The van der Waals surface area contributed by atoms with Gasteiger partial charge < -0.3 is 15.5 Å². The maximum atomic E-state index is 12.5. The van der Waals surface area contributed by atoms with Gasteiger partial charge in [-0.2, -0.15) is 0 Å². The molecule has 1 heterocycles. The fourth-order valence-electron chi connectivity index (χ4n) is 3.14. The highest BCUT2D eigenvalue weighted by molar-refractivity contribution is 6.05. The molecule has 0 aromatic heterocycles. The molecular formula is C22H25N3O3. The van der Waals surface area contributed by atoms with Crippen LogP contribution in [0.3, 0.4) is 0 Å². The quantitative estimate of drug-likeness (QED) is 0.775. The fraction of sp³-hybridized carbons (Fsp3) is 0.318. The predicted octanol–water partition coefficient (Wildman–Crippen LogP) is 3.20. The van der Waals surface area contributed by atoms with Crippen molar-refractivity contribution in [3.05, 3.63) is 65.2 Å². The van der Waals surface area contributed by atoms with Crippen molar-refractivity contribution in [1.82, 2.24) is 10.2 Å². The number of carbonyl (C=O) groups is 3. The first-order valence-corrected chi connectivity index (χ1v) is 9.63. The average molecular weight is 379 g/mol. The summed E-state index contributed by atoms with van der Waals surface area (Å²) in [5.41, 5.74) is 2.61. The summed E-state index contributed by atoms with van der Waals surface area (Å²) in [5.74, 6) is -0.210. The Balaban J connectivity index is 1.61. The molecule has 0 aliphatic carbocycles. The summed E-state index contributed by atoms with van der Waals surface area (Å²) in [7, 11) is 0. The minimum Gasteiger partial charge on any atom is -0.352 e. The Morgan fingerprint density at radius 1 is 1.04 bits per heavy atom. The van der Waals surface area contributed by atoms with Crippen LogP contribution in [0.15, 0.2) is 48.5 Å². The van der Waals surface area contributed by atoms with Crippen molar-refractivity contribution in [3.8, 4) is 0 Å². The minimum atomic E-state index is -0.241. The Kier molecular flexibility index (Phi) is 6.42. The number of rotatable bonds is 7. The van der Waals surface area contributed by atoms with E-state index in [1.807, 2.05) is 24.0 Å². The Labute approximate surface area is 164 Å². The van der Waals surface area contributed by atoms with Crippen molar-refractivity contribution in [2.45, 2.75) is 32.7 Å². The first kappa shape index (κ1) is 19.6. The van der Waals surface area contributed by atoms with Gasteiger partial charge in [-0.3, -0.25) is 14.4 Å². The summed E-state index contributed by atoms with van der Waals surface area (Å²) < 4.78 is 0. The molecule has 2 aromatic carbocycles. The van der Waals surface area contributed by atoms with Crippen molar-refractivity contribution < 1.29 is 14.4 Å². The van der Waals surface area contributed by atoms with Crippen LogP contribution < -0.4 is 10.6 Å². The molecule has 3 amide bonds. The van der Waals surface area contributed by atoms with E-state index in [1.54, 1.807) is 36.4 Å². The SMILES string of the molecule is CCCNC(=O)c1cccc(NC(=O)c2ccc(CN3CCCC3=O)cc2)c1. The molecule has 6 heteroatoms. The van der Waals surface area contributed by atoms with Gasteiger partial charge in [0.25, 0.3) is 11.8 Å². The van der Waals surface area contributed by atoms with E-state index in [9.17, 15) is 14.4 Å². The average Bonchev–Trinajstić information content (AvgIpc) is 3.11. The van der Waals surface area contributed by atoms with E-state index in [4.69, 9.17) is 0 Å². The van der Waals surface area contributed by atoms with Gasteiger partial charge in [0.15, 0.2) is 0 Å². The van der Waals surface area contributed by atoms with Crippen LogP contribution in [0.1, 0.15) is 52.5 Å². The third-order valence-corrected chi connectivity index (χ3v) is 4.68. The topological polar surface area (TPSA) is 78.5 Å². The lowest BCUT2D eigenvalue weighted by Crippen LogP contribution is -2.24. The van der Waals surface area contributed by atoms with Gasteiger partial charge in [0, 0.05) is 42.9 Å². The third kappa shape index (κ3) is 4.97. The molecule has 1 saturated heterocycles. The van der Waals surface area contributed by atoms with Crippen molar-refractivity contribution in [2.75, 3.05) is 18.4 Å². The van der Waals surface area contributed by atoms with Crippen molar-refractivity contribution in [3.63, 3.8) is 0 Å². The van der Waals surface area contributed by atoms with Crippen LogP contribution in [0.2, 0.25) is 0 Å². The van der Waals surface area contributed by atoms with Crippen molar-refractivity contribution in [2.24, 2.45) is 0 Å². The zero-order valence-corrected chi connectivity index (χ0v) is 16.0. The lowest BCUT2D eigenvalue weighted by Gasteiger charge is -2.15. The molecular weight excluding hydrogens is 354 g/mol. The summed E-state index contributed by atoms with van der Waals surface area (Å²) >= 11 is 0. The summed E-state index contributed by atoms with van der Waals surface area (Å²) in [4.78, 5) is 38.1. The van der Waals surface area contributed by atoms with Crippen LogP contribution in [0, 0.1) is 0 Å². The maximum absolute atomic E-state index is 12.5. The van der Waals surface area contributed by atoms with E-state index in [0.29, 0.717) is 36.3 Å². The number of amides is 3. The molecule has 28 heavy (non-hydrogen) atoms. The zero-order chi connectivity index (χ0) is 19.9. The van der Waals surface area contributed by atoms with Gasteiger partial charge >= 0.3 is 0 Å². The number of hydrogen-bond donors (Lipinski definition) is 2. The molecule has 0 radical (unpaired) electrons. The second-order valence-electron chi connectivity index (χ2n) is 6.91. The molecule has 1 aliphatic heterocycles. The monoisotopic (exact) mass is 379 g/mol. The number of benzene rings is 2. The molecule has 1 fully saturated rings. The van der Waals surface area contributed by atoms with Crippen LogP contribution in [-0.4, -0.2) is 35.7 Å². The van der Waals surface area contributed by atoms with Gasteiger partial charge in [-0.1, -0.05) is 25.1 Å². The Bertz CT molecular complexity index is 862. The van der Waals surface area contributed by atoms with E-state index in [-0.39, 0.29) is 17.7 Å². The number of hydrogen-bond acceptors (Lipinski definition) is 3. The summed E-state index contributed by atoms with van der Waals surface area (Å²) in [5, 5.41) is 5.65. The van der Waals surface area contributed by atoms with Crippen LogP contribution in [0.4, 0.5) is 5.69 Å². The lowest BCUT2D eigenvalue weighted by atomic mass is 10.1. The molecule has 0 unspecified atom stereocenters. The number of nitrogens with one attached hydrogen (secondary N) is 2. The van der Waals surface area contributed by atoms with Gasteiger partial charge in [0.1, 0.15) is 0 Å². The Hall–Kier alpha value is -3.15. The number of nitrogens with zero attached hydrogens (tertiary/aromatic N) is 1. The van der Waals surface area contributed by atoms with E-state index in [0.717, 1.165) is 24.9 Å². The first-order chi connectivity index (χ1) is 13.6. The first-order valence-electron chi connectivity index (χ1n) is 9.63. The molecule has 0 atom stereocenters. The maximum Gasteiger partial charge on any atom is 0.255 e. The Morgan fingerprint density at radius 2 is 1.82 bits per heavy atom. The smallest absolute Gasteiger partial charge is 0.255 e. The van der Waals surface area contributed by atoms with Gasteiger partial charge in [-0.25, -0.2) is 0 Å². The Morgan fingerprint density at radius 3 is 2.50 bits per heavy atom. The van der Waals surface area contributed by atoms with Gasteiger partial charge in [0.2, 0.25) is 5.91 Å². The van der Waals surface area contributed by atoms with E-state index in [2.05, 4.69) is 10.6 Å². The highest BCUT2D eigenvalue weighted by Gasteiger charge is 2.20. The third-order valence-electron chi connectivity index (χ3n) is 4.68. The zero-order valence-electron chi connectivity index (χ0n) is 16.0. The predicted molar refractivity (Wildman–Crippen MR) is 108 cm³/mol. The summed E-state index contributed by atoms with van der Waals surface area (Å²) in [6.07, 6.45) is 2.40. The molecule has 6 nitrogen and oxygen atoms in total. The molecule has 0 bridgehead atoms. The van der Waals surface area contributed by atoms with Gasteiger partial charge in [0.05, 0.1) is 0 Å². The van der Waals surface area contributed by atoms with E-state index >= 15 is 0 Å².